The lowest BCUT2D eigenvalue weighted by atomic mass is 9.85. The zero-order chi connectivity index (χ0) is 13.5. The van der Waals surface area contributed by atoms with Crippen molar-refractivity contribution in [1.29, 1.82) is 0 Å². The fraction of sp³-hybridized carbons (Fsp3) is 1.00. The Kier molecular flexibility index (Phi) is 4.32. The van der Waals surface area contributed by atoms with Gasteiger partial charge in [0.1, 0.15) is 0 Å². The van der Waals surface area contributed by atoms with Gasteiger partial charge in [-0.3, -0.25) is 0 Å². The Labute approximate surface area is 108 Å². The molecule has 0 aromatic rings. The fourth-order valence-electron chi connectivity index (χ4n) is 2.97. The molecule has 1 aliphatic heterocycles. The summed E-state index contributed by atoms with van der Waals surface area (Å²) in [5.74, 6) is 0.466. The molecular formula is C12H30N2OSi2. The van der Waals surface area contributed by atoms with Gasteiger partial charge in [0.05, 0.1) is 13.2 Å². The number of nitrogens with two attached hydrogens (primary N) is 2. The maximum Gasteiger partial charge on any atom is 0.174 e. The molecule has 1 fully saturated rings. The smallest absolute Gasteiger partial charge is 0.174 e. The van der Waals surface area contributed by atoms with Crippen LogP contribution in [0.4, 0.5) is 0 Å². The molecule has 17 heavy (non-hydrogen) atoms. The van der Waals surface area contributed by atoms with Crippen molar-refractivity contribution in [2.45, 2.75) is 64.1 Å². The Bertz CT molecular complexity index is 280. The lowest BCUT2D eigenvalue weighted by molar-refractivity contribution is 0.0259. The minimum absolute atomic E-state index is 0.0766. The Morgan fingerprint density at radius 2 is 1.82 bits per heavy atom. The van der Waals surface area contributed by atoms with E-state index in [2.05, 4.69) is 40.0 Å². The first kappa shape index (κ1) is 15.4. The molecule has 102 valence electrons. The molecule has 0 saturated carbocycles. The van der Waals surface area contributed by atoms with Crippen LogP contribution in [0.1, 0.15) is 20.3 Å². The Morgan fingerprint density at radius 3 is 2.29 bits per heavy atom. The highest BCUT2D eigenvalue weighted by Crippen LogP contribution is 2.43. The maximum absolute atomic E-state index is 6.54. The van der Waals surface area contributed by atoms with Crippen LogP contribution in [0.5, 0.6) is 0 Å². The van der Waals surface area contributed by atoms with Crippen molar-refractivity contribution in [2.24, 2.45) is 17.4 Å². The van der Waals surface area contributed by atoms with E-state index in [1.807, 2.05) is 0 Å². The normalized spacial score (nSPS) is 32.1. The topological polar surface area (TPSA) is 61.3 Å². The lowest BCUT2D eigenvalue weighted by Crippen LogP contribution is -2.69. The first-order valence-corrected chi connectivity index (χ1v) is 13.8. The largest absolute Gasteiger partial charge is 0.415 e. The molecule has 1 aliphatic rings. The molecule has 2 unspecified atom stereocenters. The highest BCUT2D eigenvalue weighted by atomic mass is 29.3. The van der Waals surface area contributed by atoms with Crippen LogP contribution in [0.15, 0.2) is 0 Å². The third-order valence-corrected chi connectivity index (χ3v) is 21.2. The molecule has 1 rings (SSSR count). The van der Waals surface area contributed by atoms with Gasteiger partial charge in [-0.05, 0) is 45.8 Å². The van der Waals surface area contributed by atoms with Crippen LogP contribution in [-0.2, 0) is 4.43 Å². The van der Waals surface area contributed by atoms with Gasteiger partial charge in [0.15, 0.2) is 7.83 Å². The van der Waals surface area contributed by atoms with E-state index in [-0.39, 0.29) is 11.6 Å². The fourth-order valence-corrected chi connectivity index (χ4v) is 10.9. The van der Waals surface area contributed by atoms with Crippen molar-refractivity contribution < 1.29 is 4.43 Å². The predicted molar refractivity (Wildman–Crippen MR) is 80.1 cm³/mol. The average molecular weight is 275 g/mol. The summed E-state index contributed by atoms with van der Waals surface area (Å²) in [6, 6.07) is 1.48. The van der Waals surface area contributed by atoms with Gasteiger partial charge in [0.2, 0.25) is 0 Å². The summed E-state index contributed by atoms with van der Waals surface area (Å²) >= 11 is 0. The van der Waals surface area contributed by atoms with E-state index in [4.69, 9.17) is 15.9 Å². The predicted octanol–water partition coefficient (Wildman–Crippen LogP) is 2.08. The van der Waals surface area contributed by atoms with Gasteiger partial charge in [0.25, 0.3) is 0 Å². The molecule has 3 nitrogen and oxygen atoms in total. The highest BCUT2D eigenvalue weighted by molar-refractivity contribution is 7.38. The molecule has 1 saturated heterocycles. The van der Waals surface area contributed by atoms with Gasteiger partial charge in [0, 0.05) is 6.04 Å². The van der Waals surface area contributed by atoms with Gasteiger partial charge in [-0.2, -0.15) is 0 Å². The van der Waals surface area contributed by atoms with Gasteiger partial charge >= 0.3 is 0 Å². The van der Waals surface area contributed by atoms with Crippen molar-refractivity contribution in [3.63, 3.8) is 0 Å². The highest BCUT2D eigenvalue weighted by Gasteiger charge is 2.55. The van der Waals surface area contributed by atoms with Gasteiger partial charge in [-0.25, -0.2) is 0 Å². The van der Waals surface area contributed by atoms with Crippen LogP contribution in [0.3, 0.4) is 0 Å². The van der Waals surface area contributed by atoms with E-state index in [1.54, 1.807) is 0 Å². The first-order chi connectivity index (χ1) is 7.53. The SMILES string of the molecule is CC1(C)O[Si](C)(C)[Si](C)(C)CC1C(N)CCN. The van der Waals surface area contributed by atoms with Crippen LogP contribution in [0.25, 0.3) is 0 Å². The van der Waals surface area contributed by atoms with Crippen molar-refractivity contribution in [1.82, 2.24) is 0 Å². The Hall–Kier alpha value is 0.314. The third kappa shape index (κ3) is 3.01. The number of rotatable bonds is 3. The molecule has 0 bridgehead atoms. The molecule has 1 heterocycles. The second-order valence-electron chi connectivity index (χ2n) is 7.15. The quantitative estimate of drug-likeness (QED) is 0.775. The lowest BCUT2D eigenvalue weighted by Gasteiger charge is -2.55. The number of hydrogen-bond donors (Lipinski definition) is 2. The summed E-state index contributed by atoms with van der Waals surface area (Å²) in [5, 5.41) is 0. The summed E-state index contributed by atoms with van der Waals surface area (Å²) in [7, 11) is -2.78. The maximum atomic E-state index is 6.54. The van der Waals surface area contributed by atoms with Crippen molar-refractivity contribution in [3.8, 4) is 0 Å². The van der Waals surface area contributed by atoms with E-state index in [0.717, 1.165) is 6.42 Å². The van der Waals surface area contributed by atoms with Gasteiger partial charge < -0.3 is 15.9 Å². The van der Waals surface area contributed by atoms with E-state index in [0.29, 0.717) is 12.5 Å². The summed E-state index contributed by atoms with van der Waals surface area (Å²) in [5.41, 5.74) is 11.9. The summed E-state index contributed by atoms with van der Waals surface area (Å²) in [6.45, 7) is 14.8. The first-order valence-electron chi connectivity index (χ1n) is 6.69. The van der Waals surface area contributed by atoms with Crippen molar-refractivity contribution >= 4 is 15.4 Å². The molecule has 5 heteroatoms. The molecule has 0 aromatic heterocycles. The van der Waals surface area contributed by atoms with Crippen molar-refractivity contribution in [2.75, 3.05) is 6.54 Å². The van der Waals surface area contributed by atoms with E-state index >= 15 is 0 Å². The molecule has 2 atom stereocenters. The molecule has 4 N–H and O–H groups in total. The molecule has 0 aliphatic carbocycles. The van der Waals surface area contributed by atoms with Gasteiger partial charge in [-0.15, -0.1) is 0 Å². The van der Waals surface area contributed by atoms with E-state index in [9.17, 15) is 0 Å². The van der Waals surface area contributed by atoms with E-state index in [1.165, 1.54) is 6.04 Å². The Balaban J connectivity index is 2.93. The monoisotopic (exact) mass is 274 g/mol. The average Bonchev–Trinajstić information content (AvgIpc) is 2.10. The minimum atomic E-state index is -1.51. The third-order valence-electron chi connectivity index (χ3n) is 4.79. The van der Waals surface area contributed by atoms with Crippen LogP contribution in [0.2, 0.25) is 32.2 Å². The zero-order valence-corrected chi connectivity index (χ0v) is 14.3. The summed E-state index contributed by atoms with van der Waals surface area (Å²) < 4.78 is 6.54. The van der Waals surface area contributed by atoms with E-state index < -0.39 is 15.4 Å². The number of hydrogen-bond acceptors (Lipinski definition) is 3. The Morgan fingerprint density at radius 1 is 1.29 bits per heavy atom. The molecule has 0 amide bonds. The van der Waals surface area contributed by atoms with Crippen LogP contribution in [0, 0.1) is 5.92 Å². The van der Waals surface area contributed by atoms with Crippen molar-refractivity contribution in [3.05, 3.63) is 0 Å². The van der Waals surface area contributed by atoms with Crippen LogP contribution in [-0.4, -0.2) is 33.6 Å². The zero-order valence-electron chi connectivity index (χ0n) is 12.3. The standard InChI is InChI=1S/C12H30N2OSi2/c1-12(2)10(11(14)7-8-13)9-16(3,4)17(5,6)15-12/h10-11H,7-9,13-14H2,1-6H3. The molecule has 0 aromatic carbocycles. The molecule has 0 spiro atoms. The summed E-state index contributed by atoms with van der Waals surface area (Å²) in [6.07, 6.45) is 0.907. The minimum Gasteiger partial charge on any atom is -0.415 e. The van der Waals surface area contributed by atoms with Gasteiger partial charge in [-0.1, -0.05) is 19.1 Å². The van der Waals surface area contributed by atoms with Crippen LogP contribution < -0.4 is 11.5 Å². The molecular weight excluding hydrogens is 244 g/mol. The second kappa shape index (κ2) is 4.77. The second-order valence-corrected chi connectivity index (χ2v) is 22.2. The summed E-state index contributed by atoms with van der Waals surface area (Å²) in [4.78, 5) is 0. The molecule has 0 radical (unpaired) electrons. The van der Waals surface area contributed by atoms with Crippen LogP contribution >= 0.6 is 0 Å².